The molecule has 2 atom stereocenters. The molecule has 0 saturated carbocycles. The van der Waals surface area contributed by atoms with Crippen LogP contribution in [0.3, 0.4) is 0 Å². The van der Waals surface area contributed by atoms with Gasteiger partial charge in [0.25, 0.3) is 0 Å². The predicted octanol–water partition coefficient (Wildman–Crippen LogP) is 2.12. The lowest BCUT2D eigenvalue weighted by molar-refractivity contribution is -0.251. The average molecular weight is 318 g/mol. The minimum absolute atomic E-state index is 0.00528. The van der Waals surface area contributed by atoms with E-state index < -0.39 is 27.2 Å². The van der Waals surface area contributed by atoms with Crippen LogP contribution in [0, 0.1) is 0 Å². The van der Waals surface area contributed by atoms with Crippen LogP contribution >= 0.6 is 0 Å². The summed E-state index contributed by atoms with van der Waals surface area (Å²) in [5.74, 6) is -0.484. The van der Waals surface area contributed by atoms with Gasteiger partial charge >= 0.3 is 5.97 Å². The summed E-state index contributed by atoms with van der Waals surface area (Å²) in [6.45, 7) is 17.2. The topological polar surface area (TPSA) is 54.0 Å². The maximum Gasteiger partial charge on any atom is 0.335 e. The standard InChI is InChI=1S/C15H30O5Si/c1-9-17-21-15(19-12(6)7,13(8)18-11(4)5)20-14(16)10(2)3/h11-13H,2,9,21H2,1,3-8H3. The maximum atomic E-state index is 12.0. The summed E-state index contributed by atoms with van der Waals surface area (Å²) in [4.78, 5) is 12.0. The molecule has 0 aliphatic carbocycles. The Kier molecular flexibility index (Phi) is 9.04. The molecule has 0 aliphatic rings. The van der Waals surface area contributed by atoms with Gasteiger partial charge in [0.05, 0.1) is 12.2 Å². The molecule has 0 heterocycles. The van der Waals surface area contributed by atoms with Crippen LogP contribution in [0.25, 0.3) is 0 Å². The summed E-state index contributed by atoms with van der Waals surface area (Å²) >= 11 is 0. The fraction of sp³-hybridized carbons (Fsp3) is 0.800. The van der Waals surface area contributed by atoms with Crippen molar-refractivity contribution in [1.29, 1.82) is 0 Å². The van der Waals surface area contributed by atoms with E-state index in [0.29, 0.717) is 12.2 Å². The highest BCUT2D eigenvalue weighted by Gasteiger charge is 2.44. The van der Waals surface area contributed by atoms with Crippen molar-refractivity contribution in [2.45, 2.75) is 72.2 Å². The van der Waals surface area contributed by atoms with E-state index in [-0.39, 0.29) is 12.2 Å². The van der Waals surface area contributed by atoms with Crippen molar-refractivity contribution in [1.82, 2.24) is 0 Å². The first kappa shape index (κ1) is 20.3. The molecule has 0 saturated heterocycles. The van der Waals surface area contributed by atoms with Crippen molar-refractivity contribution < 1.29 is 23.4 Å². The molecule has 0 rings (SSSR count). The SMILES string of the molecule is C=C(C)C(=O)OC(OC(C)C)([SiH2]OCC)C(C)OC(C)C. The number of hydrogen-bond donors (Lipinski definition) is 0. The molecule has 0 aliphatic heterocycles. The van der Waals surface area contributed by atoms with Gasteiger partial charge in [-0.1, -0.05) is 6.58 Å². The van der Waals surface area contributed by atoms with Crippen LogP contribution in [0.2, 0.25) is 0 Å². The highest BCUT2D eigenvalue weighted by molar-refractivity contribution is 6.32. The first-order valence-corrected chi connectivity index (χ1v) is 8.73. The van der Waals surface area contributed by atoms with Crippen LogP contribution in [-0.2, 0) is 23.4 Å². The summed E-state index contributed by atoms with van der Waals surface area (Å²) < 4.78 is 23.0. The van der Waals surface area contributed by atoms with Crippen LogP contribution in [-0.4, -0.2) is 46.1 Å². The van der Waals surface area contributed by atoms with E-state index >= 15 is 0 Å². The van der Waals surface area contributed by atoms with Crippen molar-refractivity contribution in [3.63, 3.8) is 0 Å². The first-order valence-electron chi connectivity index (χ1n) is 7.44. The Labute approximate surface area is 130 Å². The largest absolute Gasteiger partial charge is 0.429 e. The highest BCUT2D eigenvalue weighted by atomic mass is 28.2. The van der Waals surface area contributed by atoms with Gasteiger partial charge in [0.2, 0.25) is 15.2 Å². The maximum absolute atomic E-state index is 12.0. The van der Waals surface area contributed by atoms with Gasteiger partial charge in [-0.3, -0.25) is 0 Å². The summed E-state index contributed by atoms with van der Waals surface area (Å²) in [5, 5.41) is 0. The Morgan fingerprint density at radius 3 is 2.14 bits per heavy atom. The zero-order chi connectivity index (χ0) is 16.6. The van der Waals surface area contributed by atoms with Gasteiger partial charge in [-0.2, -0.15) is 0 Å². The highest BCUT2D eigenvalue weighted by Crippen LogP contribution is 2.25. The molecular weight excluding hydrogens is 288 g/mol. The number of rotatable bonds is 10. The molecule has 0 aromatic rings. The third kappa shape index (κ3) is 7.22. The van der Waals surface area contributed by atoms with E-state index in [1.54, 1.807) is 6.92 Å². The van der Waals surface area contributed by atoms with Crippen molar-refractivity contribution in [2.24, 2.45) is 0 Å². The fourth-order valence-electron chi connectivity index (χ4n) is 1.78. The van der Waals surface area contributed by atoms with Crippen molar-refractivity contribution >= 4 is 15.7 Å². The van der Waals surface area contributed by atoms with Crippen LogP contribution < -0.4 is 0 Å². The molecule has 0 aromatic heterocycles. The Morgan fingerprint density at radius 2 is 1.76 bits per heavy atom. The quantitative estimate of drug-likeness (QED) is 0.267. The van der Waals surface area contributed by atoms with Crippen molar-refractivity contribution in [2.75, 3.05) is 6.61 Å². The van der Waals surface area contributed by atoms with E-state index in [4.69, 9.17) is 18.6 Å². The number of ether oxygens (including phenoxy) is 3. The minimum Gasteiger partial charge on any atom is -0.429 e. The second kappa shape index (κ2) is 9.35. The van der Waals surface area contributed by atoms with E-state index in [1.165, 1.54) is 0 Å². The summed E-state index contributed by atoms with van der Waals surface area (Å²) in [6, 6.07) is 0. The molecule has 5 nitrogen and oxygen atoms in total. The average Bonchev–Trinajstić information content (AvgIpc) is 2.34. The molecule has 0 radical (unpaired) electrons. The minimum atomic E-state index is -1.32. The normalized spacial score (nSPS) is 16.4. The molecule has 21 heavy (non-hydrogen) atoms. The third-order valence-corrected chi connectivity index (χ3v) is 4.55. The molecule has 6 heteroatoms. The molecule has 0 amide bonds. The smallest absolute Gasteiger partial charge is 0.335 e. The van der Waals surface area contributed by atoms with Gasteiger partial charge in [-0.05, 0) is 48.5 Å². The van der Waals surface area contributed by atoms with Crippen LogP contribution in [0.1, 0.15) is 48.5 Å². The van der Waals surface area contributed by atoms with E-state index in [9.17, 15) is 4.79 Å². The van der Waals surface area contributed by atoms with Crippen LogP contribution in [0.5, 0.6) is 0 Å². The van der Waals surface area contributed by atoms with Gasteiger partial charge in [-0.25, -0.2) is 4.79 Å². The predicted molar refractivity (Wildman–Crippen MR) is 85.7 cm³/mol. The van der Waals surface area contributed by atoms with Gasteiger partial charge < -0.3 is 18.6 Å². The Bertz CT molecular complexity index is 343. The summed E-state index contributed by atoms with van der Waals surface area (Å²) in [6.07, 6.45) is -0.537. The number of hydrogen-bond acceptors (Lipinski definition) is 5. The molecule has 0 aromatic carbocycles. The van der Waals surface area contributed by atoms with Gasteiger partial charge in [-0.15, -0.1) is 0 Å². The number of carbonyl (C=O) groups excluding carboxylic acids is 1. The Morgan fingerprint density at radius 1 is 1.19 bits per heavy atom. The van der Waals surface area contributed by atoms with E-state index in [2.05, 4.69) is 6.58 Å². The molecule has 0 spiro atoms. The number of esters is 1. The molecule has 0 bridgehead atoms. The van der Waals surface area contributed by atoms with E-state index in [1.807, 2.05) is 41.5 Å². The molecule has 124 valence electrons. The van der Waals surface area contributed by atoms with Gasteiger partial charge in [0.1, 0.15) is 6.10 Å². The second-order valence-corrected chi connectivity index (χ2v) is 7.30. The second-order valence-electron chi connectivity index (χ2n) is 5.61. The van der Waals surface area contributed by atoms with Gasteiger partial charge in [0.15, 0.2) is 0 Å². The lowest BCUT2D eigenvalue weighted by Crippen LogP contribution is -2.56. The fourth-order valence-corrected chi connectivity index (χ4v) is 3.19. The molecule has 2 unspecified atom stereocenters. The molecular formula is C15H30O5Si. The lowest BCUT2D eigenvalue weighted by atomic mass is 10.3. The van der Waals surface area contributed by atoms with E-state index in [0.717, 1.165) is 0 Å². The first-order chi connectivity index (χ1) is 9.64. The summed E-state index contributed by atoms with van der Waals surface area (Å²) in [7, 11) is -1.32. The Balaban J connectivity index is 5.37. The zero-order valence-corrected chi connectivity index (χ0v) is 15.8. The number of carbonyl (C=O) groups is 1. The van der Waals surface area contributed by atoms with Crippen LogP contribution in [0.15, 0.2) is 12.2 Å². The van der Waals surface area contributed by atoms with Crippen LogP contribution in [0.4, 0.5) is 0 Å². The lowest BCUT2D eigenvalue weighted by Gasteiger charge is -2.39. The zero-order valence-electron chi connectivity index (χ0n) is 14.4. The monoisotopic (exact) mass is 318 g/mol. The van der Waals surface area contributed by atoms with Gasteiger partial charge in [0, 0.05) is 12.2 Å². The van der Waals surface area contributed by atoms with Crippen molar-refractivity contribution in [3.8, 4) is 0 Å². The molecule has 0 fully saturated rings. The Hall–Kier alpha value is -0.693. The summed E-state index contributed by atoms with van der Waals surface area (Å²) in [5.41, 5.74) is -0.821. The molecule has 0 N–H and O–H groups in total. The van der Waals surface area contributed by atoms with Crippen molar-refractivity contribution in [3.05, 3.63) is 12.2 Å². The third-order valence-electron chi connectivity index (χ3n) is 2.65.